The molecule has 2 rings (SSSR count). The van der Waals surface area contributed by atoms with Crippen LogP contribution in [0.3, 0.4) is 0 Å². The van der Waals surface area contributed by atoms with E-state index in [0.717, 1.165) is 6.07 Å². The van der Waals surface area contributed by atoms with Crippen LogP contribution in [0.25, 0.3) is 0 Å². The molecular formula is C13H14F5N3O. The van der Waals surface area contributed by atoms with Crippen molar-refractivity contribution in [3.05, 3.63) is 24.3 Å². The van der Waals surface area contributed by atoms with Crippen molar-refractivity contribution in [2.75, 3.05) is 11.9 Å². The first-order chi connectivity index (χ1) is 10.1. The van der Waals surface area contributed by atoms with Gasteiger partial charge in [-0.3, -0.25) is 4.99 Å². The molecule has 0 aliphatic heterocycles. The van der Waals surface area contributed by atoms with Crippen LogP contribution in [0, 0.1) is 5.92 Å². The molecule has 0 atom stereocenters. The highest BCUT2D eigenvalue weighted by atomic mass is 19.4. The van der Waals surface area contributed by atoms with Crippen LogP contribution in [0.1, 0.15) is 12.8 Å². The molecule has 1 aliphatic rings. The summed E-state index contributed by atoms with van der Waals surface area (Å²) in [6, 6.07) is 5.32. The maximum absolute atomic E-state index is 12.7. The van der Waals surface area contributed by atoms with Gasteiger partial charge in [0.25, 0.3) is 0 Å². The Labute approximate surface area is 123 Å². The van der Waals surface area contributed by atoms with E-state index in [1.54, 1.807) is 0 Å². The number of guanidine groups is 1. The maximum Gasteiger partial charge on any atom is 0.573 e. The molecule has 0 saturated heterocycles. The third-order valence-electron chi connectivity index (χ3n) is 3.07. The Kier molecular flexibility index (Phi) is 4.43. The second-order valence-electron chi connectivity index (χ2n) is 5.03. The lowest BCUT2D eigenvalue weighted by atomic mass is 9.81. The molecule has 0 bridgehead atoms. The number of nitrogens with one attached hydrogen (secondary N) is 1. The summed E-state index contributed by atoms with van der Waals surface area (Å²) in [6.07, 6.45) is -5.34. The zero-order valence-corrected chi connectivity index (χ0v) is 11.3. The van der Waals surface area contributed by atoms with E-state index in [2.05, 4.69) is 15.0 Å². The fourth-order valence-electron chi connectivity index (χ4n) is 2.10. The van der Waals surface area contributed by atoms with Crippen molar-refractivity contribution in [2.45, 2.75) is 25.1 Å². The van der Waals surface area contributed by atoms with E-state index in [-0.39, 0.29) is 37.0 Å². The van der Waals surface area contributed by atoms with Crippen molar-refractivity contribution in [3.63, 3.8) is 0 Å². The lowest BCUT2D eigenvalue weighted by molar-refractivity contribution is -0.274. The highest BCUT2D eigenvalue weighted by Gasteiger charge is 2.44. The highest BCUT2D eigenvalue weighted by molar-refractivity contribution is 5.93. The van der Waals surface area contributed by atoms with Gasteiger partial charge in [0.05, 0.1) is 5.69 Å². The summed E-state index contributed by atoms with van der Waals surface area (Å²) in [6.45, 7) is 0.0940. The molecule has 122 valence electrons. The minimum atomic E-state index is -4.83. The van der Waals surface area contributed by atoms with Crippen molar-refractivity contribution >= 4 is 11.6 Å². The number of hydrogen-bond donors (Lipinski definition) is 2. The van der Waals surface area contributed by atoms with Crippen molar-refractivity contribution in [1.82, 2.24) is 0 Å². The summed E-state index contributed by atoms with van der Waals surface area (Å²) in [7, 11) is 0. The number of nitrogens with two attached hydrogens (primary N) is 1. The van der Waals surface area contributed by atoms with Crippen molar-refractivity contribution < 1.29 is 26.7 Å². The number of anilines is 1. The van der Waals surface area contributed by atoms with E-state index in [1.165, 1.54) is 18.2 Å². The van der Waals surface area contributed by atoms with Crippen LogP contribution < -0.4 is 15.8 Å². The third kappa shape index (κ3) is 4.74. The predicted molar refractivity (Wildman–Crippen MR) is 70.9 cm³/mol. The third-order valence-corrected chi connectivity index (χ3v) is 3.07. The second kappa shape index (κ2) is 5.98. The number of aliphatic imine (C=N–C) groups is 1. The Morgan fingerprint density at radius 2 is 1.95 bits per heavy atom. The molecule has 22 heavy (non-hydrogen) atoms. The lowest BCUT2D eigenvalue weighted by Gasteiger charge is -2.33. The summed E-state index contributed by atoms with van der Waals surface area (Å²) in [5, 5.41) is 2.47. The van der Waals surface area contributed by atoms with Crippen molar-refractivity contribution in [2.24, 2.45) is 16.6 Å². The summed E-state index contributed by atoms with van der Waals surface area (Å²) >= 11 is 0. The van der Waals surface area contributed by atoms with Gasteiger partial charge in [-0.05, 0) is 18.1 Å². The summed E-state index contributed by atoms with van der Waals surface area (Å²) in [4.78, 5) is 3.86. The van der Waals surface area contributed by atoms with Crippen LogP contribution in [-0.2, 0) is 0 Å². The number of halogens is 5. The van der Waals surface area contributed by atoms with E-state index in [4.69, 9.17) is 5.73 Å². The molecule has 0 radical (unpaired) electrons. The van der Waals surface area contributed by atoms with Gasteiger partial charge < -0.3 is 15.8 Å². The van der Waals surface area contributed by atoms with Gasteiger partial charge in [-0.25, -0.2) is 8.78 Å². The van der Waals surface area contributed by atoms with Gasteiger partial charge in [0.1, 0.15) is 0 Å². The number of benzene rings is 1. The monoisotopic (exact) mass is 323 g/mol. The largest absolute Gasteiger partial charge is 0.573 e. The summed E-state index contributed by atoms with van der Waals surface area (Å²) in [5.41, 5.74) is 5.53. The van der Waals surface area contributed by atoms with Gasteiger partial charge in [0, 0.05) is 19.4 Å². The SMILES string of the molecule is NC(=NCC1CC(F)(F)C1)Nc1ccccc1OC(F)(F)F. The maximum atomic E-state index is 12.7. The number of ether oxygens (including phenoxy) is 1. The van der Waals surface area contributed by atoms with E-state index in [0.29, 0.717) is 0 Å². The topological polar surface area (TPSA) is 59.6 Å². The van der Waals surface area contributed by atoms with Gasteiger partial charge in [-0.1, -0.05) is 12.1 Å². The molecule has 1 aromatic carbocycles. The zero-order chi connectivity index (χ0) is 16.4. The number of nitrogens with zero attached hydrogens (tertiary/aromatic N) is 1. The molecule has 0 spiro atoms. The van der Waals surface area contributed by atoms with Crippen LogP contribution in [0.5, 0.6) is 5.75 Å². The molecule has 1 saturated carbocycles. The van der Waals surface area contributed by atoms with Gasteiger partial charge in [0.15, 0.2) is 11.7 Å². The van der Waals surface area contributed by atoms with E-state index in [9.17, 15) is 22.0 Å². The van der Waals surface area contributed by atoms with Gasteiger partial charge in [0.2, 0.25) is 5.92 Å². The smallest absolute Gasteiger partial charge is 0.404 e. The van der Waals surface area contributed by atoms with Crippen LogP contribution in [0.15, 0.2) is 29.3 Å². The first kappa shape index (κ1) is 16.3. The second-order valence-corrected chi connectivity index (χ2v) is 5.03. The minimum absolute atomic E-state index is 0.0139. The van der Waals surface area contributed by atoms with Crippen LogP contribution >= 0.6 is 0 Å². The number of hydrogen-bond acceptors (Lipinski definition) is 2. The van der Waals surface area contributed by atoms with Crippen LogP contribution in [-0.4, -0.2) is 24.8 Å². The summed E-state index contributed by atoms with van der Waals surface area (Å²) in [5.74, 6) is -3.52. The fraction of sp³-hybridized carbons (Fsp3) is 0.462. The standard InChI is InChI=1S/C13H14F5N3O/c14-12(15)5-8(6-12)7-20-11(19)21-9-3-1-2-4-10(9)22-13(16,17)18/h1-4,8H,5-7H2,(H3,19,20,21). The molecule has 0 amide bonds. The highest BCUT2D eigenvalue weighted by Crippen LogP contribution is 2.42. The average Bonchev–Trinajstić information content (AvgIpc) is 2.34. The van der Waals surface area contributed by atoms with Crippen LogP contribution in [0.4, 0.5) is 27.6 Å². The molecular weight excluding hydrogens is 309 g/mol. The molecule has 1 aromatic rings. The number of para-hydroxylation sites is 2. The van der Waals surface area contributed by atoms with Gasteiger partial charge in [-0.2, -0.15) is 0 Å². The number of alkyl halides is 5. The quantitative estimate of drug-likeness (QED) is 0.507. The van der Waals surface area contributed by atoms with Crippen molar-refractivity contribution in [1.29, 1.82) is 0 Å². The van der Waals surface area contributed by atoms with E-state index >= 15 is 0 Å². The molecule has 9 heteroatoms. The molecule has 3 N–H and O–H groups in total. The Morgan fingerprint density at radius 1 is 1.32 bits per heavy atom. The van der Waals surface area contributed by atoms with Crippen LogP contribution in [0.2, 0.25) is 0 Å². The predicted octanol–water partition coefficient (Wildman–Crippen LogP) is 3.36. The van der Waals surface area contributed by atoms with E-state index < -0.39 is 18.0 Å². The molecule has 0 heterocycles. The minimum Gasteiger partial charge on any atom is -0.404 e. The first-order valence-corrected chi connectivity index (χ1v) is 6.44. The lowest BCUT2D eigenvalue weighted by Crippen LogP contribution is -2.37. The molecule has 1 aliphatic carbocycles. The molecule has 0 aromatic heterocycles. The van der Waals surface area contributed by atoms with Crippen molar-refractivity contribution in [3.8, 4) is 5.75 Å². The molecule has 1 fully saturated rings. The van der Waals surface area contributed by atoms with Gasteiger partial charge in [-0.15, -0.1) is 13.2 Å². The Morgan fingerprint density at radius 3 is 2.55 bits per heavy atom. The first-order valence-electron chi connectivity index (χ1n) is 6.44. The van der Waals surface area contributed by atoms with E-state index in [1.807, 2.05) is 0 Å². The Balaban J connectivity index is 1.95. The normalized spacial score (nSPS) is 18.7. The molecule has 0 unspecified atom stereocenters. The Hall–Kier alpha value is -2.06. The fourth-order valence-corrected chi connectivity index (χ4v) is 2.10. The zero-order valence-electron chi connectivity index (χ0n) is 11.3. The Bertz CT molecular complexity index is 551. The summed E-state index contributed by atoms with van der Waals surface area (Å²) < 4.78 is 65.9. The molecule has 4 nitrogen and oxygen atoms in total. The average molecular weight is 323 g/mol. The number of rotatable bonds is 4. The van der Waals surface area contributed by atoms with Gasteiger partial charge >= 0.3 is 6.36 Å².